The minimum Gasteiger partial charge on any atom is -0.203 e. The molecule has 0 aliphatic heterocycles. The molecule has 26 heavy (non-hydrogen) atoms. The monoisotopic (exact) mass is 352 g/mol. The Labute approximate surface area is 154 Å². The van der Waals surface area contributed by atoms with Crippen molar-refractivity contribution in [2.45, 2.75) is 52.4 Å². The van der Waals surface area contributed by atoms with Crippen LogP contribution in [0.1, 0.15) is 50.7 Å². The van der Waals surface area contributed by atoms with Crippen LogP contribution in [0.25, 0.3) is 21.9 Å². The predicted molar refractivity (Wildman–Crippen MR) is 107 cm³/mol. The highest BCUT2D eigenvalue weighted by Crippen LogP contribution is 2.31. The van der Waals surface area contributed by atoms with Gasteiger partial charge in [0.15, 0.2) is 11.6 Å². The van der Waals surface area contributed by atoms with Crippen molar-refractivity contribution in [3.8, 4) is 11.1 Å². The molecule has 136 valence electrons. The van der Waals surface area contributed by atoms with Crippen molar-refractivity contribution in [2.24, 2.45) is 0 Å². The van der Waals surface area contributed by atoms with Gasteiger partial charge in [0.25, 0.3) is 0 Å². The Bertz CT molecular complexity index is 879. The molecule has 3 aromatic rings. The molecule has 0 nitrogen and oxygen atoms in total. The quantitative estimate of drug-likeness (QED) is 0.387. The molecule has 0 aliphatic carbocycles. The smallest absolute Gasteiger partial charge is 0.167 e. The number of unbranched alkanes of at least 4 members (excludes halogenated alkanes) is 2. The predicted octanol–water partition coefficient (Wildman–Crippen LogP) is 7.47. The summed E-state index contributed by atoms with van der Waals surface area (Å²) in [6.45, 7) is 4.27. The first-order valence-electron chi connectivity index (χ1n) is 9.64. The zero-order chi connectivity index (χ0) is 18.5. The molecule has 0 fully saturated rings. The van der Waals surface area contributed by atoms with E-state index in [2.05, 4.69) is 13.8 Å². The number of halogens is 2. The third kappa shape index (κ3) is 3.95. The Hall–Kier alpha value is -2.22. The van der Waals surface area contributed by atoms with E-state index in [9.17, 15) is 8.78 Å². The van der Waals surface area contributed by atoms with Gasteiger partial charge in [-0.3, -0.25) is 0 Å². The molecule has 0 radical (unpaired) electrons. The van der Waals surface area contributed by atoms with E-state index in [1.807, 2.05) is 36.4 Å². The van der Waals surface area contributed by atoms with Crippen molar-refractivity contribution in [2.75, 3.05) is 0 Å². The van der Waals surface area contributed by atoms with Gasteiger partial charge in [-0.25, -0.2) is 8.78 Å². The summed E-state index contributed by atoms with van der Waals surface area (Å²) in [7, 11) is 0. The molecule has 0 aromatic heterocycles. The number of benzene rings is 3. The van der Waals surface area contributed by atoms with Crippen LogP contribution in [0.15, 0.2) is 48.5 Å². The number of rotatable bonds is 7. The summed E-state index contributed by atoms with van der Waals surface area (Å²) in [4.78, 5) is 0. The normalized spacial score (nSPS) is 11.2. The van der Waals surface area contributed by atoms with Gasteiger partial charge >= 0.3 is 0 Å². The minimum atomic E-state index is -0.759. The molecule has 0 aliphatic rings. The molecule has 0 amide bonds. The standard InChI is InChI=1S/C24H26F2/c1-3-5-6-8-17-9-12-19(13-10-17)22-16-20-14-11-18(7-4-2)15-21(20)23(25)24(22)26/h9-16H,3-8H2,1-2H3. The first-order chi connectivity index (χ1) is 12.6. The van der Waals surface area contributed by atoms with Gasteiger partial charge in [0, 0.05) is 10.9 Å². The lowest BCUT2D eigenvalue weighted by Gasteiger charge is -2.10. The van der Waals surface area contributed by atoms with Crippen molar-refractivity contribution in [1.82, 2.24) is 0 Å². The molecule has 3 aromatic carbocycles. The minimum absolute atomic E-state index is 0.332. The van der Waals surface area contributed by atoms with Crippen molar-refractivity contribution in [1.29, 1.82) is 0 Å². The van der Waals surface area contributed by atoms with Crippen molar-refractivity contribution < 1.29 is 8.78 Å². The van der Waals surface area contributed by atoms with Crippen LogP contribution in [0, 0.1) is 11.6 Å². The molecule has 0 unspecified atom stereocenters. The van der Waals surface area contributed by atoms with E-state index in [0.717, 1.165) is 42.2 Å². The highest BCUT2D eigenvalue weighted by atomic mass is 19.2. The summed E-state index contributed by atoms with van der Waals surface area (Å²) in [5.41, 5.74) is 3.34. The van der Waals surface area contributed by atoms with E-state index >= 15 is 0 Å². The summed E-state index contributed by atoms with van der Waals surface area (Å²) in [6, 6.07) is 15.3. The number of fused-ring (bicyclic) bond motifs is 1. The molecule has 0 saturated carbocycles. The fraction of sp³-hybridized carbons (Fsp3) is 0.333. The zero-order valence-corrected chi connectivity index (χ0v) is 15.6. The second-order valence-corrected chi connectivity index (χ2v) is 7.01. The third-order valence-corrected chi connectivity index (χ3v) is 4.96. The fourth-order valence-corrected chi connectivity index (χ4v) is 3.46. The Morgan fingerprint density at radius 1 is 0.692 bits per heavy atom. The lowest BCUT2D eigenvalue weighted by atomic mass is 9.96. The lowest BCUT2D eigenvalue weighted by molar-refractivity contribution is 0.519. The van der Waals surface area contributed by atoms with Crippen LogP contribution in [0.2, 0.25) is 0 Å². The van der Waals surface area contributed by atoms with Gasteiger partial charge in [0.05, 0.1) is 0 Å². The molecule has 0 heterocycles. The summed E-state index contributed by atoms with van der Waals surface area (Å²) in [5, 5.41) is 1.11. The van der Waals surface area contributed by atoms with E-state index in [-0.39, 0.29) is 0 Å². The largest absolute Gasteiger partial charge is 0.203 e. The van der Waals surface area contributed by atoms with Crippen LogP contribution in [-0.4, -0.2) is 0 Å². The van der Waals surface area contributed by atoms with Crippen LogP contribution in [0.4, 0.5) is 8.78 Å². The molecular formula is C24H26F2. The van der Waals surface area contributed by atoms with Gasteiger partial charge in [-0.1, -0.05) is 69.5 Å². The van der Waals surface area contributed by atoms with Crippen LogP contribution in [0.5, 0.6) is 0 Å². The number of hydrogen-bond acceptors (Lipinski definition) is 0. The number of hydrogen-bond donors (Lipinski definition) is 0. The average Bonchev–Trinajstić information content (AvgIpc) is 2.66. The Morgan fingerprint density at radius 3 is 2.12 bits per heavy atom. The molecule has 3 rings (SSSR count). The highest BCUT2D eigenvalue weighted by molar-refractivity contribution is 5.88. The van der Waals surface area contributed by atoms with Gasteiger partial charge in [-0.15, -0.1) is 0 Å². The van der Waals surface area contributed by atoms with E-state index in [1.54, 1.807) is 12.1 Å². The fourth-order valence-electron chi connectivity index (χ4n) is 3.46. The maximum Gasteiger partial charge on any atom is 0.167 e. The summed E-state index contributed by atoms with van der Waals surface area (Å²) >= 11 is 0. The van der Waals surface area contributed by atoms with Gasteiger partial charge in [-0.05, 0) is 53.5 Å². The molecule has 0 saturated heterocycles. The van der Waals surface area contributed by atoms with Gasteiger partial charge in [0.2, 0.25) is 0 Å². The van der Waals surface area contributed by atoms with Gasteiger partial charge < -0.3 is 0 Å². The molecule has 0 bridgehead atoms. The first kappa shape index (κ1) is 18.6. The van der Waals surface area contributed by atoms with Crippen molar-refractivity contribution in [3.05, 3.63) is 71.3 Å². The molecular weight excluding hydrogens is 326 g/mol. The third-order valence-electron chi connectivity index (χ3n) is 4.96. The van der Waals surface area contributed by atoms with E-state index in [0.29, 0.717) is 10.9 Å². The second kappa shape index (κ2) is 8.44. The Kier molecular flexibility index (Phi) is 6.03. The Balaban J connectivity index is 1.94. The number of aryl methyl sites for hydroxylation is 2. The summed E-state index contributed by atoms with van der Waals surface area (Å²) < 4.78 is 29.4. The molecule has 0 spiro atoms. The van der Waals surface area contributed by atoms with Crippen molar-refractivity contribution in [3.63, 3.8) is 0 Å². The van der Waals surface area contributed by atoms with E-state index in [4.69, 9.17) is 0 Å². The second-order valence-electron chi connectivity index (χ2n) is 7.01. The molecule has 0 atom stereocenters. The maximum atomic E-state index is 14.7. The molecule has 0 N–H and O–H groups in total. The van der Waals surface area contributed by atoms with E-state index in [1.165, 1.54) is 18.4 Å². The van der Waals surface area contributed by atoms with Gasteiger partial charge in [-0.2, -0.15) is 0 Å². The van der Waals surface area contributed by atoms with Crippen LogP contribution >= 0.6 is 0 Å². The highest BCUT2D eigenvalue weighted by Gasteiger charge is 2.15. The topological polar surface area (TPSA) is 0 Å². The SMILES string of the molecule is CCCCCc1ccc(-c2cc3ccc(CCC)cc3c(F)c2F)cc1. The molecule has 2 heteroatoms. The lowest BCUT2D eigenvalue weighted by Crippen LogP contribution is -1.94. The summed E-state index contributed by atoms with van der Waals surface area (Å²) in [6.07, 6.45) is 6.46. The van der Waals surface area contributed by atoms with Crippen molar-refractivity contribution >= 4 is 10.8 Å². The Morgan fingerprint density at radius 2 is 1.42 bits per heavy atom. The zero-order valence-electron chi connectivity index (χ0n) is 15.6. The van der Waals surface area contributed by atoms with Crippen LogP contribution in [-0.2, 0) is 12.8 Å². The van der Waals surface area contributed by atoms with Gasteiger partial charge in [0.1, 0.15) is 0 Å². The average molecular weight is 352 g/mol. The first-order valence-corrected chi connectivity index (χ1v) is 9.64. The van der Waals surface area contributed by atoms with Crippen LogP contribution in [0.3, 0.4) is 0 Å². The summed E-state index contributed by atoms with van der Waals surface area (Å²) in [5.74, 6) is -1.51. The van der Waals surface area contributed by atoms with E-state index < -0.39 is 11.6 Å². The maximum absolute atomic E-state index is 14.7. The van der Waals surface area contributed by atoms with Crippen LogP contribution < -0.4 is 0 Å².